The first-order valence-electron chi connectivity index (χ1n) is 4.45. The van der Waals surface area contributed by atoms with Crippen LogP contribution in [0.1, 0.15) is 5.56 Å². The summed E-state index contributed by atoms with van der Waals surface area (Å²) in [6.07, 6.45) is 0.331. The summed E-state index contributed by atoms with van der Waals surface area (Å²) in [7, 11) is 1.29. The Kier molecular flexibility index (Phi) is 3.51. The summed E-state index contributed by atoms with van der Waals surface area (Å²) < 4.78 is 4.49. The van der Waals surface area contributed by atoms with E-state index in [1.165, 1.54) is 13.2 Å². The normalized spacial score (nSPS) is 12.1. The van der Waals surface area contributed by atoms with E-state index in [0.29, 0.717) is 6.42 Å². The molecule has 0 saturated carbocycles. The topological polar surface area (TPSA) is 98.6 Å². The standard InChI is InChI=1S/C10H14N2O3/c1-15-10(14)8(12)5-6-2-3-9(13)7(11)4-6/h2-4,8,13H,5,11-12H2,1H3. The molecule has 1 aromatic carbocycles. The van der Waals surface area contributed by atoms with Crippen LogP contribution >= 0.6 is 0 Å². The van der Waals surface area contributed by atoms with Crippen molar-refractivity contribution in [2.75, 3.05) is 12.8 Å². The van der Waals surface area contributed by atoms with Gasteiger partial charge in [0.05, 0.1) is 12.8 Å². The van der Waals surface area contributed by atoms with Crippen molar-refractivity contribution in [3.63, 3.8) is 0 Å². The first-order chi connectivity index (χ1) is 7.04. The molecular weight excluding hydrogens is 196 g/mol. The maximum Gasteiger partial charge on any atom is 0.322 e. The van der Waals surface area contributed by atoms with E-state index in [0.717, 1.165) is 5.56 Å². The van der Waals surface area contributed by atoms with Crippen molar-refractivity contribution < 1.29 is 14.6 Å². The number of benzene rings is 1. The number of nitrogens with two attached hydrogens (primary N) is 2. The number of nitrogen functional groups attached to an aromatic ring is 1. The lowest BCUT2D eigenvalue weighted by Crippen LogP contribution is -2.33. The van der Waals surface area contributed by atoms with Crippen molar-refractivity contribution in [3.8, 4) is 5.75 Å². The first kappa shape index (κ1) is 11.3. The van der Waals surface area contributed by atoms with Crippen molar-refractivity contribution in [2.24, 2.45) is 5.73 Å². The van der Waals surface area contributed by atoms with E-state index in [1.807, 2.05) is 0 Å². The van der Waals surface area contributed by atoms with E-state index in [2.05, 4.69) is 4.74 Å². The summed E-state index contributed by atoms with van der Waals surface area (Å²) in [6, 6.07) is 4.00. The van der Waals surface area contributed by atoms with Gasteiger partial charge in [0.2, 0.25) is 0 Å². The van der Waals surface area contributed by atoms with Gasteiger partial charge < -0.3 is 21.3 Å². The number of ether oxygens (including phenoxy) is 1. The van der Waals surface area contributed by atoms with E-state index >= 15 is 0 Å². The summed E-state index contributed by atoms with van der Waals surface area (Å²) in [4.78, 5) is 11.0. The number of aromatic hydroxyl groups is 1. The Morgan fingerprint density at radius 3 is 2.80 bits per heavy atom. The summed E-state index contributed by atoms with van der Waals surface area (Å²) in [5.41, 5.74) is 12.1. The number of rotatable bonds is 3. The molecule has 1 rings (SSSR count). The molecule has 0 heterocycles. The number of phenols is 1. The zero-order valence-corrected chi connectivity index (χ0v) is 8.43. The minimum Gasteiger partial charge on any atom is -0.506 e. The Balaban J connectivity index is 2.73. The number of carbonyl (C=O) groups is 1. The fraction of sp³-hybridized carbons (Fsp3) is 0.300. The summed E-state index contributed by atoms with van der Waals surface area (Å²) in [6.45, 7) is 0. The van der Waals surface area contributed by atoms with Gasteiger partial charge in [0.15, 0.2) is 0 Å². The van der Waals surface area contributed by atoms with Crippen LogP contribution in [-0.4, -0.2) is 24.2 Å². The van der Waals surface area contributed by atoms with Gasteiger partial charge in [-0.05, 0) is 24.1 Å². The van der Waals surface area contributed by atoms with Gasteiger partial charge in [-0.2, -0.15) is 0 Å². The highest BCUT2D eigenvalue weighted by Crippen LogP contribution is 2.20. The number of esters is 1. The minimum atomic E-state index is -0.709. The maximum atomic E-state index is 11.0. The molecule has 0 aliphatic rings. The second-order valence-corrected chi connectivity index (χ2v) is 3.23. The zero-order valence-electron chi connectivity index (χ0n) is 8.43. The highest BCUT2D eigenvalue weighted by molar-refractivity contribution is 5.75. The average Bonchev–Trinajstić information content (AvgIpc) is 2.22. The van der Waals surface area contributed by atoms with Gasteiger partial charge in [0, 0.05) is 0 Å². The number of hydrogen-bond donors (Lipinski definition) is 3. The Hall–Kier alpha value is -1.75. The van der Waals surface area contributed by atoms with Crippen molar-refractivity contribution in [3.05, 3.63) is 23.8 Å². The minimum absolute atomic E-state index is 0.0189. The van der Waals surface area contributed by atoms with Crippen LogP contribution < -0.4 is 11.5 Å². The van der Waals surface area contributed by atoms with Gasteiger partial charge in [-0.3, -0.25) is 4.79 Å². The Labute approximate surface area is 87.6 Å². The maximum absolute atomic E-state index is 11.0. The summed E-state index contributed by atoms with van der Waals surface area (Å²) in [5.74, 6) is -0.452. The molecular formula is C10H14N2O3. The van der Waals surface area contributed by atoms with Crippen LogP contribution in [-0.2, 0) is 16.0 Å². The highest BCUT2D eigenvalue weighted by Gasteiger charge is 2.14. The van der Waals surface area contributed by atoms with Crippen LogP contribution in [0.25, 0.3) is 0 Å². The quantitative estimate of drug-likeness (QED) is 0.371. The molecule has 5 N–H and O–H groups in total. The number of anilines is 1. The Morgan fingerprint density at radius 2 is 2.27 bits per heavy atom. The lowest BCUT2D eigenvalue weighted by atomic mass is 10.1. The van der Waals surface area contributed by atoms with Crippen molar-refractivity contribution in [2.45, 2.75) is 12.5 Å². The fourth-order valence-electron chi connectivity index (χ4n) is 1.22. The average molecular weight is 210 g/mol. The van der Waals surface area contributed by atoms with E-state index < -0.39 is 12.0 Å². The molecule has 0 aromatic heterocycles. The lowest BCUT2D eigenvalue weighted by molar-refractivity contribution is -0.142. The molecule has 1 atom stereocenters. The molecule has 0 bridgehead atoms. The van der Waals surface area contributed by atoms with Crippen LogP contribution in [0.3, 0.4) is 0 Å². The van der Waals surface area contributed by atoms with Crippen molar-refractivity contribution in [1.82, 2.24) is 0 Å². The van der Waals surface area contributed by atoms with E-state index in [-0.39, 0.29) is 11.4 Å². The third-order valence-electron chi connectivity index (χ3n) is 2.05. The van der Waals surface area contributed by atoms with Gasteiger partial charge in [-0.15, -0.1) is 0 Å². The molecule has 0 aliphatic carbocycles. The molecule has 5 nitrogen and oxygen atoms in total. The van der Waals surface area contributed by atoms with E-state index in [1.54, 1.807) is 12.1 Å². The Bertz CT molecular complexity index is 366. The second-order valence-electron chi connectivity index (χ2n) is 3.23. The van der Waals surface area contributed by atoms with Crippen molar-refractivity contribution >= 4 is 11.7 Å². The van der Waals surface area contributed by atoms with E-state index in [4.69, 9.17) is 11.5 Å². The van der Waals surface area contributed by atoms with Gasteiger partial charge in [-0.25, -0.2) is 0 Å². The monoisotopic (exact) mass is 210 g/mol. The largest absolute Gasteiger partial charge is 0.506 e. The lowest BCUT2D eigenvalue weighted by Gasteiger charge is -2.09. The first-order valence-corrected chi connectivity index (χ1v) is 4.45. The smallest absolute Gasteiger partial charge is 0.322 e. The molecule has 0 amide bonds. The Morgan fingerprint density at radius 1 is 1.60 bits per heavy atom. The second kappa shape index (κ2) is 4.65. The third kappa shape index (κ3) is 2.85. The number of methoxy groups -OCH3 is 1. The molecule has 0 fully saturated rings. The third-order valence-corrected chi connectivity index (χ3v) is 2.05. The summed E-state index contributed by atoms with van der Waals surface area (Å²) >= 11 is 0. The number of carbonyl (C=O) groups excluding carboxylic acids is 1. The summed E-state index contributed by atoms with van der Waals surface area (Å²) in [5, 5.41) is 9.19. The molecule has 0 radical (unpaired) electrons. The van der Waals surface area contributed by atoms with Crippen LogP contribution in [0, 0.1) is 0 Å². The van der Waals surface area contributed by atoms with Crippen molar-refractivity contribution in [1.29, 1.82) is 0 Å². The predicted molar refractivity (Wildman–Crippen MR) is 56.2 cm³/mol. The molecule has 5 heteroatoms. The van der Waals surface area contributed by atoms with Gasteiger partial charge in [-0.1, -0.05) is 6.07 Å². The molecule has 15 heavy (non-hydrogen) atoms. The van der Waals surface area contributed by atoms with Gasteiger partial charge >= 0.3 is 5.97 Å². The van der Waals surface area contributed by atoms with Gasteiger partial charge in [0.1, 0.15) is 11.8 Å². The van der Waals surface area contributed by atoms with Gasteiger partial charge in [0.25, 0.3) is 0 Å². The predicted octanol–water partition coefficient (Wildman–Crippen LogP) is 0.0172. The van der Waals surface area contributed by atoms with Crippen LogP contribution in [0.15, 0.2) is 18.2 Å². The molecule has 0 spiro atoms. The van der Waals surface area contributed by atoms with Crippen LogP contribution in [0.5, 0.6) is 5.75 Å². The molecule has 82 valence electrons. The van der Waals surface area contributed by atoms with Crippen LogP contribution in [0.2, 0.25) is 0 Å². The van der Waals surface area contributed by atoms with E-state index in [9.17, 15) is 9.90 Å². The molecule has 0 saturated heterocycles. The number of phenolic OH excluding ortho intramolecular Hbond substituents is 1. The van der Waals surface area contributed by atoms with Crippen LogP contribution in [0.4, 0.5) is 5.69 Å². The molecule has 1 aromatic rings. The molecule has 1 unspecified atom stereocenters. The zero-order chi connectivity index (χ0) is 11.4. The highest BCUT2D eigenvalue weighted by atomic mass is 16.5. The number of hydrogen-bond acceptors (Lipinski definition) is 5. The SMILES string of the molecule is COC(=O)C(N)Cc1ccc(O)c(N)c1. The molecule has 0 aliphatic heterocycles. The fourth-order valence-corrected chi connectivity index (χ4v) is 1.22.